The van der Waals surface area contributed by atoms with Crippen LogP contribution >= 0.6 is 10.0 Å². The molecule has 1 aliphatic rings. The number of hydrogen-bond acceptors (Lipinski definition) is 4. The molecule has 0 aliphatic carbocycles. The Morgan fingerprint density at radius 2 is 2.20 bits per heavy atom. The summed E-state index contributed by atoms with van der Waals surface area (Å²) in [6.45, 7) is 0.394. The Kier molecular flexibility index (Phi) is 3.62. The quantitative estimate of drug-likeness (QED) is 0.716. The minimum Gasteiger partial charge on any atom is -0.442 e. The highest BCUT2D eigenvalue weighted by atomic mass is 32.3. The van der Waals surface area contributed by atoms with Crippen molar-refractivity contribution in [1.82, 2.24) is 10.6 Å². The van der Waals surface area contributed by atoms with Crippen molar-refractivity contribution in [1.29, 1.82) is 0 Å². The number of amides is 1. The van der Waals surface area contributed by atoms with E-state index in [1.807, 2.05) is 18.8 Å². The lowest BCUT2D eigenvalue weighted by molar-refractivity contribution is -0.114. The Labute approximate surface area is 91.2 Å². The smallest absolute Gasteiger partial charge is 0.407 e. The van der Waals surface area contributed by atoms with Crippen molar-refractivity contribution in [3.05, 3.63) is 0 Å². The number of carbonyl (C=O) groups excluding carboxylic acids is 2. The van der Waals surface area contributed by atoms with E-state index in [2.05, 4.69) is 10.6 Å². The summed E-state index contributed by atoms with van der Waals surface area (Å²) in [6, 6.07) is -0.404. The molecule has 2 N–H and O–H groups in total. The molecule has 0 aromatic carbocycles. The van der Waals surface area contributed by atoms with Gasteiger partial charge < -0.3 is 15.4 Å². The highest BCUT2D eigenvalue weighted by Gasteiger charge is 2.37. The number of hydrogen-bond donors (Lipinski definition) is 2. The van der Waals surface area contributed by atoms with E-state index >= 15 is 0 Å². The molecule has 1 saturated heterocycles. The van der Waals surface area contributed by atoms with E-state index in [0.29, 0.717) is 6.54 Å². The standard InChI is InChI=1S/C9H18N2O3S/c1-10-7(8(12)15(2,3)4)6-5-11-9(13)14-6/h6-7,10H,5H2,1-4H3,(H,11,13)/t6?,7-/m0/s1. The van der Waals surface area contributed by atoms with E-state index in [1.165, 1.54) is 0 Å². The van der Waals surface area contributed by atoms with Gasteiger partial charge in [0.25, 0.3) is 0 Å². The van der Waals surface area contributed by atoms with Gasteiger partial charge in [-0.2, -0.15) is 10.0 Å². The summed E-state index contributed by atoms with van der Waals surface area (Å²) in [4.78, 5) is 22.9. The van der Waals surface area contributed by atoms with Crippen LogP contribution in [0.4, 0.5) is 4.79 Å². The van der Waals surface area contributed by atoms with E-state index in [1.54, 1.807) is 7.05 Å². The number of nitrogens with one attached hydrogen (secondary N) is 2. The summed E-state index contributed by atoms with van der Waals surface area (Å²) in [5.74, 6) is 0. The average molecular weight is 234 g/mol. The lowest BCUT2D eigenvalue weighted by Crippen LogP contribution is -2.47. The van der Waals surface area contributed by atoms with Gasteiger partial charge in [-0.05, 0) is 25.8 Å². The van der Waals surface area contributed by atoms with Crippen molar-refractivity contribution in [3.63, 3.8) is 0 Å². The van der Waals surface area contributed by atoms with Crippen LogP contribution in [0.2, 0.25) is 0 Å². The molecule has 6 heteroatoms. The van der Waals surface area contributed by atoms with Gasteiger partial charge in [0.2, 0.25) is 0 Å². The number of alkyl carbamates (subject to hydrolysis) is 1. The number of carbonyl (C=O) groups is 2. The molecule has 5 nitrogen and oxygen atoms in total. The second-order valence-electron chi connectivity index (χ2n) is 4.25. The van der Waals surface area contributed by atoms with Crippen LogP contribution in [0.15, 0.2) is 0 Å². The van der Waals surface area contributed by atoms with Gasteiger partial charge in [0.05, 0.1) is 6.54 Å². The summed E-state index contributed by atoms with van der Waals surface area (Å²) in [7, 11) is 0.419. The Balaban J connectivity index is 2.72. The zero-order chi connectivity index (χ0) is 11.6. The third-order valence-corrected chi connectivity index (χ3v) is 3.71. The second kappa shape index (κ2) is 4.40. The van der Waals surface area contributed by atoms with E-state index in [-0.39, 0.29) is 11.2 Å². The highest BCUT2D eigenvalue weighted by Crippen LogP contribution is 2.37. The fourth-order valence-corrected chi connectivity index (χ4v) is 2.46. The van der Waals surface area contributed by atoms with Gasteiger partial charge in [-0.25, -0.2) is 4.79 Å². The molecule has 88 valence electrons. The molecule has 0 aromatic rings. The molecule has 0 bridgehead atoms. The summed E-state index contributed by atoms with van der Waals surface area (Å²) >= 11 is 0. The van der Waals surface area contributed by atoms with Crippen molar-refractivity contribution in [3.8, 4) is 0 Å². The first-order valence-electron chi connectivity index (χ1n) is 4.70. The van der Waals surface area contributed by atoms with Crippen LogP contribution in [0.25, 0.3) is 0 Å². The van der Waals surface area contributed by atoms with Gasteiger partial charge in [-0.3, -0.25) is 4.79 Å². The zero-order valence-corrected chi connectivity index (χ0v) is 10.3. The maximum Gasteiger partial charge on any atom is 0.407 e. The lowest BCUT2D eigenvalue weighted by atomic mass is 10.2. The van der Waals surface area contributed by atoms with E-state index in [0.717, 1.165) is 0 Å². The third-order valence-electron chi connectivity index (χ3n) is 2.25. The van der Waals surface area contributed by atoms with Crippen LogP contribution in [0.3, 0.4) is 0 Å². The van der Waals surface area contributed by atoms with E-state index in [9.17, 15) is 9.59 Å². The van der Waals surface area contributed by atoms with Gasteiger partial charge >= 0.3 is 6.09 Å². The predicted octanol–water partition coefficient (Wildman–Crippen LogP) is -0.0966. The molecule has 0 aromatic heterocycles. The molecule has 1 rings (SSSR count). The van der Waals surface area contributed by atoms with Crippen LogP contribution in [-0.2, 0) is 9.53 Å². The van der Waals surface area contributed by atoms with E-state index < -0.39 is 22.2 Å². The van der Waals surface area contributed by atoms with Crippen LogP contribution in [-0.4, -0.2) is 55.7 Å². The van der Waals surface area contributed by atoms with Crippen LogP contribution < -0.4 is 10.6 Å². The van der Waals surface area contributed by atoms with Crippen molar-refractivity contribution < 1.29 is 14.3 Å². The van der Waals surface area contributed by atoms with E-state index in [4.69, 9.17) is 4.74 Å². The Morgan fingerprint density at radius 1 is 1.60 bits per heavy atom. The topological polar surface area (TPSA) is 67.4 Å². The SMILES string of the molecule is CN[C@H](C(=O)S(C)(C)C)C1CNC(=O)O1. The molecule has 0 radical (unpaired) electrons. The van der Waals surface area contributed by atoms with Gasteiger partial charge in [0.15, 0.2) is 5.12 Å². The molecule has 2 atom stereocenters. The molecule has 1 fully saturated rings. The first-order chi connectivity index (χ1) is 6.86. The Morgan fingerprint density at radius 3 is 2.53 bits per heavy atom. The largest absolute Gasteiger partial charge is 0.442 e. The molecule has 0 spiro atoms. The van der Waals surface area contributed by atoms with Crippen LogP contribution in [0.5, 0.6) is 0 Å². The highest BCUT2D eigenvalue weighted by molar-refractivity contribution is 8.43. The van der Waals surface area contributed by atoms with Crippen LogP contribution in [0, 0.1) is 0 Å². The first kappa shape index (κ1) is 12.3. The maximum atomic E-state index is 12.0. The number of rotatable bonds is 3. The maximum absolute atomic E-state index is 12.0. The number of ether oxygens (including phenoxy) is 1. The van der Waals surface area contributed by atoms with Crippen LogP contribution in [0.1, 0.15) is 0 Å². The fourth-order valence-electron chi connectivity index (χ4n) is 1.43. The van der Waals surface area contributed by atoms with Gasteiger partial charge in [-0.1, -0.05) is 0 Å². The molecular weight excluding hydrogens is 216 g/mol. The number of likely N-dealkylation sites (N-methyl/N-ethyl adjacent to an activating group) is 1. The summed E-state index contributed by atoms with van der Waals surface area (Å²) in [5, 5.41) is 5.60. The van der Waals surface area contributed by atoms with Crippen molar-refractivity contribution in [2.75, 3.05) is 32.4 Å². The number of cyclic esters (lactones) is 1. The first-order valence-corrected chi connectivity index (χ1v) is 7.56. The van der Waals surface area contributed by atoms with Gasteiger partial charge in [0, 0.05) is 0 Å². The molecule has 1 aliphatic heterocycles. The van der Waals surface area contributed by atoms with Crippen molar-refractivity contribution >= 4 is 21.2 Å². The zero-order valence-electron chi connectivity index (χ0n) is 9.49. The van der Waals surface area contributed by atoms with Crippen molar-refractivity contribution in [2.24, 2.45) is 0 Å². The van der Waals surface area contributed by atoms with Crippen molar-refractivity contribution in [2.45, 2.75) is 12.1 Å². The Hall–Kier alpha value is -0.750. The molecule has 0 saturated carbocycles. The lowest BCUT2D eigenvalue weighted by Gasteiger charge is -2.30. The van der Waals surface area contributed by atoms with Gasteiger partial charge in [-0.15, -0.1) is 0 Å². The van der Waals surface area contributed by atoms with Gasteiger partial charge in [0.1, 0.15) is 12.1 Å². The minimum absolute atomic E-state index is 0.131. The summed E-state index contributed by atoms with van der Waals surface area (Å²) in [5.41, 5.74) is 0. The molecule has 1 unspecified atom stereocenters. The molecule has 1 heterocycles. The summed E-state index contributed by atoms with van der Waals surface area (Å²) < 4.78 is 5.01. The summed E-state index contributed by atoms with van der Waals surface area (Å²) in [6.07, 6.45) is 4.97. The predicted molar refractivity (Wildman–Crippen MR) is 61.5 cm³/mol. The minimum atomic E-state index is -1.29. The fraction of sp³-hybridized carbons (Fsp3) is 0.778. The normalized spacial score (nSPS) is 24.3. The molecule has 15 heavy (non-hydrogen) atoms. The molecule has 1 amide bonds. The third kappa shape index (κ3) is 2.85. The average Bonchev–Trinajstić information content (AvgIpc) is 2.51. The molecular formula is C9H18N2O3S. The second-order valence-corrected chi connectivity index (χ2v) is 8.32. The monoisotopic (exact) mass is 234 g/mol. The Bertz CT molecular complexity index is 275.